The number of amides is 2. The molecule has 1 rings (SSSR count). The molecule has 7 nitrogen and oxygen atoms in total. The van der Waals surface area contributed by atoms with Crippen LogP contribution in [-0.4, -0.2) is 50.2 Å². The molecule has 8 heteroatoms. The smallest absolute Gasteiger partial charge is 0.339 e. The summed E-state index contributed by atoms with van der Waals surface area (Å²) in [6.07, 6.45) is 2.35. The van der Waals surface area contributed by atoms with Gasteiger partial charge in [0.15, 0.2) is 0 Å². The lowest BCUT2D eigenvalue weighted by molar-refractivity contribution is -0.142. The lowest BCUT2D eigenvalue weighted by Gasteiger charge is -2.17. The molecule has 0 unspecified atom stereocenters. The number of carbonyl (C=O) groups excluding carboxylic acids is 3. The van der Waals surface area contributed by atoms with Crippen LogP contribution < -0.4 is 10.6 Å². The summed E-state index contributed by atoms with van der Waals surface area (Å²) in [6.45, 7) is 0. The van der Waals surface area contributed by atoms with Crippen LogP contribution in [0.4, 0.5) is 10.5 Å². The van der Waals surface area contributed by atoms with Crippen molar-refractivity contribution in [2.75, 3.05) is 31.5 Å². The van der Waals surface area contributed by atoms with Gasteiger partial charge in [0.05, 0.1) is 25.5 Å². The van der Waals surface area contributed by atoms with Gasteiger partial charge in [-0.3, -0.25) is 0 Å². The van der Waals surface area contributed by atoms with Crippen molar-refractivity contribution in [2.24, 2.45) is 0 Å². The quantitative estimate of drug-likeness (QED) is 0.736. The number of benzene rings is 1. The van der Waals surface area contributed by atoms with Crippen LogP contribution in [0.2, 0.25) is 0 Å². The van der Waals surface area contributed by atoms with Crippen molar-refractivity contribution < 1.29 is 23.9 Å². The maximum atomic E-state index is 12.1. The highest BCUT2D eigenvalue weighted by Gasteiger charge is 2.22. The lowest BCUT2D eigenvalue weighted by atomic mass is 10.2. The normalized spacial score (nSPS) is 11.3. The van der Waals surface area contributed by atoms with E-state index in [1.54, 1.807) is 30.0 Å². The third kappa shape index (κ3) is 5.82. The van der Waals surface area contributed by atoms with Gasteiger partial charge in [-0.1, -0.05) is 12.1 Å². The Bertz CT molecular complexity index is 565. The van der Waals surface area contributed by atoms with Crippen LogP contribution >= 0.6 is 11.8 Å². The van der Waals surface area contributed by atoms with Crippen LogP contribution in [0, 0.1) is 0 Å². The molecule has 0 heterocycles. The predicted molar refractivity (Wildman–Crippen MR) is 88.7 cm³/mol. The average molecular weight is 340 g/mol. The van der Waals surface area contributed by atoms with E-state index in [1.165, 1.54) is 20.3 Å². The Morgan fingerprint density at radius 1 is 1.17 bits per heavy atom. The zero-order valence-corrected chi connectivity index (χ0v) is 14.1. The third-order valence-electron chi connectivity index (χ3n) is 2.98. The molecule has 0 saturated heterocycles. The molecule has 2 N–H and O–H groups in total. The van der Waals surface area contributed by atoms with Crippen molar-refractivity contribution in [3.8, 4) is 0 Å². The molecule has 2 amide bonds. The topological polar surface area (TPSA) is 93.7 Å². The molecule has 0 fully saturated rings. The van der Waals surface area contributed by atoms with E-state index in [-0.39, 0.29) is 5.56 Å². The summed E-state index contributed by atoms with van der Waals surface area (Å²) < 4.78 is 9.34. The monoisotopic (exact) mass is 340 g/mol. The van der Waals surface area contributed by atoms with Crippen molar-refractivity contribution in [2.45, 2.75) is 12.5 Å². The summed E-state index contributed by atoms with van der Waals surface area (Å²) in [7, 11) is 2.52. The van der Waals surface area contributed by atoms with Crippen LogP contribution in [0.15, 0.2) is 24.3 Å². The minimum Gasteiger partial charge on any atom is -0.467 e. The molecule has 23 heavy (non-hydrogen) atoms. The molecule has 1 aromatic carbocycles. The number of anilines is 1. The second-order valence-electron chi connectivity index (χ2n) is 4.49. The zero-order valence-electron chi connectivity index (χ0n) is 13.3. The number of methoxy groups -OCH3 is 2. The Morgan fingerprint density at radius 2 is 1.87 bits per heavy atom. The summed E-state index contributed by atoms with van der Waals surface area (Å²) in [5.74, 6) is -0.387. The Balaban J connectivity index is 2.78. The third-order valence-corrected chi connectivity index (χ3v) is 3.63. The maximum absolute atomic E-state index is 12.1. The number of rotatable bonds is 7. The largest absolute Gasteiger partial charge is 0.467 e. The van der Waals surface area contributed by atoms with Crippen LogP contribution in [0.25, 0.3) is 0 Å². The van der Waals surface area contributed by atoms with Crippen molar-refractivity contribution in [1.82, 2.24) is 5.32 Å². The number of carbonyl (C=O) groups is 3. The van der Waals surface area contributed by atoms with Crippen LogP contribution in [0.3, 0.4) is 0 Å². The number of nitrogens with one attached hydrogen (secondary N) is 2. The molecule has 0 aromatic heterocycles. The molecular formula is C15H20N2O5S. The standard InChI is InChI=1S/C15H20N2O5S/c1-21-13(18)10-6-4-5-7-11(10)16-15(20)17-12(8-9-23-3)14(19)22-2/h4-7,12H,8-9H2,1-3H3,(H2,16,17,20)/t12-/m0/s1. The van der Waals surface area contributed by atoms with E-state index in [2.05, 4.69) is 20.1 Å². The molecule has 0 aliphatic rings. The van der Waals surface area contributed by atoms with Crippen LogP contribution in [0.5, 0.6) is 0 Å². The van der Waals surface area contributed by atoms with Gasteiger partial charge in [0.1, 0.15) is 6.04 Å². The Hall–Kier alpha value is -2.22. The highest BCUT2D eigenvalue weighted by atomic mass is 32.2. The molecule has 0 aliphatic heterocycles. The number of ether oxygens (including phenoxy) is 2. The Morgan fingerprint density at radius 3 is 2.48 bits per heavy atom. The fourth-order valence-electron chi connectivity index (χ4n) is 1.82. The SMILES string of the molecule is COC(=O)c1ccccc1NC(=O)N[C@@H](CCSC)C(=O)OC. The van der Waals surface area contributed by atoms with Crippen molar-refractivity contribution in [3.63, 3.8) is 0 Å². The summed E-state index contributed by atoms with van der Waals surface area (Å²) in [5.41, 5.74) is 0.522. The van der Waals surface area contributed by atoms with E-state index in [0.29, 0.717) is 17.9 Å². The van der Waals surface area contributed by atoms with Crippen molar-refractivity contribution in [3.05, 3.63) is 29.8 Å². The fourth-order valence-corrected chi connectivity index (χ4v) is 2.30. The van der Waals surface area contributed by atoms with Gasteiger partial charge in [-0.15, -0.1) is 0 Å². The number of para-hydroxylation sites is 1. The number of urea groups is 1. The average Bonchev–Trinajstić information content (AvgIpc) is 2.57. The Kier molecular flexibility index (Phi) is 7.96. The van der Waals surface area contributed by atoms with Gasteiger partial charge in [-0.05, 0) is 30.6 Å². The number of thioether (sulfide) groups is 1. The van der Waals surface area contributed by atoms with E-state index in [4.69, 9.17) is 0 Å². The number of hydrogen-bond donors (Lipinski definition) is 2. The van der Waals surface area contributed by atoms with Gasteiger partial charge < -0.3 is 20.1 Å². The lowest BCUT2D eigenvalue weighted by Crippen LogP contribution is -2.44. The van der Waals surface area contributed by atoms with Gasteiger partial charge in [0, 0.05) is 0 Å². The fraction of sp³-hybridized carbons (Fsp3) is 0.400. The van der Waals surface area contributed by atoms with Gasteiger partial charge in [0.2, 0.25) is 0 Å². The van der Waals surface area contributed by atoms with E-state index in [0.717, 1.165) is 0 Å². The van der Waals surface area contributed by atoms with E-state index >= 15 is 0 Å². The minimum atomic E-state index is -0.752. The van der Waals surface area contributed by atoms with E-state index in [1.807, 2.05) is 6.26 Å². The first-order chi connectivity index (χ1) is 11.0. The summed E-state index contributed by atoms with van der Waals surface area (Å²) in [6, 6.07) is 5.09. The molecule has 0 radical (unpaired) electrons. The molecule has 126 valence electrons. The molecule has 1 aromatic rings. The van der Waals surface area contributed by atoms with E-state index < -0.39 is 24.0 Å². The Labute approximate surface area is 139 Å². The second-order valence-corrected chi connectivity index (χ2v) is 5.48. The first kappa shape index (κ1) is 18.8. The maximum Gasteiger partial charge on any atom is 0.339 e. The summed E-state index contributed by atoms with van der Waals surface area (Å²) in [5, 5.41) is 5.09. The molecule has 0 bridgehead atoms. The van der Waals surface area contributed by atoms with Crippen molar-refractivity contribution in [1.29, 1.82) is 0 Å². The molecule has 0 saturated carbocycles. The number of hydrogen-bond acceptors (Lipinski definition) is 6. The van der Waals surface area contributed by atoms with E-state index in [9.17, 15) is 14.4 Å². The first-order valence-electron chi connectivity index (χ1n) is 6.85. The summed E-state index contributed by atoms with van der Waals surface area (Å²) in [4.78, 5) is 35.4. The van der Waals surface area contributed by atoms with Gasteiger partial charge in [-0.25, -0.2) is 14.4 Å². The van der Waals surface area contributed by atoms with Gasteiger partial charge >= 0.3 is 18.0 Å². The molecule has 1 atom stereocenters. The van der Waals surface area contributed by atoms with Gasteiger partial charge in [0.25, 0.3) is 0 Å². The van der Waals surface area contributed by atoms with Crippen molar-refractivity contribution >= 4 is 35.4 Å². The first-order valence-corrected chi connectivity index (χ1v) is 8.24. The highest BCUT2D eigenvalue weighted by molar-refractivity contribution is 7.98. The van der Waals surface area contributed by atoms with Gasteiger partial charge in [-0.2, -0.15) is 11.8 Å². The second kappa shape index (κ2) is 9.73. The summed E-state index contributed by atoms with van der Waals surface area (Å²) >= 11 is 1.56. The minimum absolute atomic E-state index is 0.226. The predicted octanol–water partition coefficient (Wildman–Crippen LogP) is 1.89. The molecule has 0 aliphatic carbocycles. The zero-order chi connectivity index (χ0) is 17.2. The molecule has 0 spiro atoms. The van der Waals surface area contributed by atoms with Crippen LogP contribution in [-0.2, 0) is 14.3 Å². The molecular weight excluding hydrogens is 320 g/mol. The number of esters is 2. The highest BCUT2D eigenvalue weighted by Crippen LogP contribution is 2.16. The van der Waals surface area contributed by atoms with Crippen LogP contribution in [0.1, 0.15) is 16.8 Å².